The molecule has 2 heterocycles. The Kier molecular flexibility index (Phi) is 8.58. The Morgan fingerprint density at radius 1 is 1.02 bits per heavy atom. The van der Waals surface area contributed by atoms with Gasteiger partial charge < -0.3 is 10.0 Å². The number of hydrogen-bond acceptors (Lipinski definition) is 5. The van der Waals surface area contributed by atoms with Crippen LogP contribution in [0.15, 0.2) is 48.6 Å². The summed E-state index contributed by atoms with van der Waals surface area (Å²) in [6, 6.07) is 12.2. The van der Waals surface area contributed by atoms with Crippen LogP contribution >= 0.6 is 11.6 Å². The number of rotatable bonds is 2. The predicted octanol–water partition coefficient (Wildman–Crippen LogP) is 6.97. The van der Waals surface area contributed by atoms with Gasteiger partial charge in [-0.2, -0.15) is 0 Å². The molecule has 242 valence electrons. The minimum absolute atomic E-state index is 0.0353. The van der Waals surface area contributed by atoms with E-state index in [4.69, 9.17) is 11.6 Å². The highest BCUT2D eigenvalue weighted by Crippen LogP contribution is 2.47. The first-order chi connectivity index (χ1) is 21.6. The van der Waals surface area contributed by atoms with E-state index in [9.17, 15) is 18.3 Å². The average Bonchev–Trinajstić information content (AvgIpc) is 3.10. The van der Waals surface area contributed by atoms with Crippen molar-refractivity contribution in [3.8, 4) is 0 Å². The van der Waals surface area contributed by atoms with Gasteiger partial charge in [0.15, 0.2) is 0 Å². The number of sulfonamides is 1. The number of allylic oxidation sites excluding steroid dienone is 1. The highest BCUT2D eigenvalue weighted by atomic mass is 35.5. The number of fused-ring (bicyclic) bond motifs is 4. The maximum atomic E-state index is 13.8. The molecule has 2 saturated carbocycles. The van der Waals surface area contributed by atoms with E-state index in [2.05, 4.69) is 21.8 Å². The summed E-state index contributed by atoms with van der Waals surface area (Å²) in [5, 5.41) is 11.4. The van der Waals surface area contributed by atoms with E-state index in [1.807, 2.05) is 37.3 Å². The van der Waals surface area contributed by atoms with Gasteiger partial charge >= 0.3 is 0 Å². The molecule has 1 amide bonds. The van der Waals surface area contributed by atoms with E-state index in [0.717, 1.165) is 88.0 Å². The lowest BCUT2D eigenvalue weighted by Gasteiger charge is -2.46. The highest BCUT2D eigenvalue weighted by molar-refractivity contribution is 7.90. The molecule has 2 fully saturated rings. The maximum absolute atomic E-state index is 13.8. The summed E-state index contributed by atoms with van der Waals surface area (Å²) in [7, 11) is -3.91. The molecule has 2 bridgehead atoms. The Morgan fingerprint density at radius 3 is 2.62 bits per heavy atom. The Hall–Kier alpha value is -2.35. The summed E-state index contributed by atoms with van der Waals surface area (Å²) in [5.74, 6) is 0.187. The molecule has 6 atom stereocenters. The molecular formula is C37H47ClN2O4S. The van der Waals surface area contributed by atoms with Crippen LogP contribution in [0.4, 0.5) is 5.69 Å². The van der Waals surface area contributed by atoms with Crippen molar-refractivity contribution < 1.29 is 18.3 Å². The number of nitrogens with zero attached hydrogens (tertiary/aromatic N) is 1. The SMILES string of the molecule is C[C@H]1C/C=C/[C@H](O)[C@@H]2CC[C@H]2CN2C[C@@]3(CCCc4cc(Cl)ccc43)CCc3ccc(cc32)C(=O)NS(=O)(=O)[C@H]1CC1CCC1. The molecular weight excluding hydrogens is 604 g/mol. The number of nitrogens with one attached hydrogen (secondary N) is 1. The Balaban J connectivity index is 1.27. The summed E-state index contributed by atoms with van der Waals surface area (Å²) in [6.45, 7) is 3.59. The van der Waals surface area contributed by atoms with Crippen LogP contribution in [-0.4, -0.2) is 43.9 Å². The lowest BCUT2D eigenvalue weighted by Crippen LogP contribution is -2.48. The Morgan fingerprint density at radius 2 is 1.87 bits per heavy atom. The monoisotopic (exact) mass is 650 g/mol. The second-order valence-corrected chi connectivity index (χ2v) is 17.2. The first kappa shape index (κ1) is 31.3. The predicted molar refractivity (Wildman–Crippen MR) is 180 cm³/mol. The second-order valence-electron chi connectivity index (χ2n) is 14.8. The molecule has 7 rings (SSSR count). The Bertz CT molecular complexity index is 1590. The van der Waals surface area contributed by atoms with Crippen LogP contribution in [0.5, 0.6) is 0 Å². The maximum Gasteiger partial charge on any atom is 0.264 e. The molecule has 8 heteroatoms. The normalized spacial score (nSPS) is 34.0. The zero-order valence-electron chi connectivity index (χ0n) is 26.4. The average molecular weight is 651 g/mol. The van der Waals surface area contributed by atoms with Crippen LogP contribution in [0.1, 0.15) is 98.2 Å². The molecule has 45 heavy (non-hydrogen) atoms. The molecule has 0 radical (unpaired) electrons. The largest absolute Gasteiger partial charge is 0.389 e. The number of anilines is 1. The van der Waals surface area contributed by atoms with Crippen LogP contribution in [0.3, 0.4) is 0 Å². The molecule has 1 spiro atoms. The minimum Gasteiger partial charge on any atom is -0.389 e. The van der Waals surface area contributed by atoms with E-state index < -0.39 is 27.3 Å². The van der Waals surface area contributed by atoms with Crippen molar-refractivity contribution in [3.05, 3.63) is 75.8 Å². The second kappa shape index (κ2) is 12.4. The van der Waals surface area contributed by atoms with Gasteiger partial charge in [-0.3, -0.25) is 4.79 Å². The number of carbonyl (C=O) groups excluding carboxylic acids is 1. The van der Waals surface area contributed by atoms with E-state index in [0.29, 0.717) is 30.2 Å². The van der Waals surface area contributed by atoms with Gasteiger partial charge in [0.25, 0.3) is 5.91 Å². The number of amides is 1. The number of aliphatic hydroxyl groups excluding tert-OH is 1. The van der Waals surface area contributed by atoms with Crippen molar-refractivity contribution >= 4 is 33.2 Å². The highest BCUT2D eigenvalue weighted by Gasteiger charge is 2.43. The summed E-state index contributed by atoms with van der Waals surface area (Å²) >= 11 is 6.44. The topological polar surface area (TPSA) is 86.7 Å². The lowest BCUT2D eigenvalue weighted by molar-refractivity contribution is 0.0456. The fourth-order valence-corrected chi connectivity index (χ4v) is 11.0. The van der Waals surface area contributed by atoms with Crippen molar-refractivity contribution in [2.24, 2.45) is 23.7 Å². The molecule has 6 nitrogen and oxygen atoms in total. The number of carbonyl (C=O) groups is 1. The van der Waals surface area contributed by atoms with Crippen LogP contribution < -0.4 is 9.62 Å². The van der Waals surface area contributed by atoms with Gasteiger partial charge in [-0.1, -0.05) is 62.1 Å². The van der Waals surface area contributed by atoms with E-state index in [-0.39, 0.29) is 17.3 Å². The number of hydrogen-bond donors (Lipinski definition) is 2. The Labute approximate surface area is 273 Å². The quantitative estimate of drug-likeness (QED) is 0.343. The van der Waals surface area contributed by atoms with Gasteiger partial charge in [0.2, 0.25) is 10.0 Å². The smallest absolute Gasteiger partial charge is 0.264 e. The molecule has 2 aromatic rings. The van der Waals surface area contributed by atoms with Crippen molar-refractivity contribution in [1.29, 1.82) is 0 Å². The molecule has 0 saturated heterocycles. The number of halogens is 1. The van der Waals surface area contributed by atoms with Gasteiger partial charge in [-0.25, -0.2) is 13.1 Å². The molecule has 0 aromatic heterocycles. The van der Waals surface area contributed by atoms with Crippen molar-refractivity contribution in [1.82, 2.24) is 4.72 Å². The fraction of sp³-hybridized carbons (Fsp3) is 0.595. The van der Waals surface area contributed by atoms with E-state index in [1.165, 1.54) is 16.7 Å². The third-order valence-corrected chi connectivity index (χ3v) is 14.2. The van der Waals surface area contributed by atoms with Crippen LogP contribution in [0, 0.1) is 23.7 Å². The van der Waals surface area contributed by atoms with Crippen LogP contribution in [-0.2, 0) is 28.3 Å². The standard InChI is InChI=1S/C37H47ClN2O4S/c1-24-5-2-9-34(41)31-14-12-29(31)22-40-23-37(17-4-8-27-20-30(38)13-15-32(27)37)18-16-26-10-11-28(21-33(26)40)36(42)39-45(43,44)35(24)19-25-6-3-7-25/h2,9-11,13,15,20-21,24-25,29,31,34-35,41H,3-8,12,14,16-19,22-23H2,1H3,(H,39,42)/b9-2+/t24-,29-,31+,34-,35-,37+/m0/s1. The van der Waals surface area contributed by atoms with E-state index >= 15 is 0 Å². The van der Waals surface area contributed by atoms with Gasteiger partial charge in [0.1, 0.15) is 0 Å². The fourth-order valence-electron chi connectivity index (χ4n) is 9.01. The third-order valence-electron chi connectivity index (χ3n) is 12.1. The van der Waals surface area contributed by atoms with Crippen molar-refractivity contribution in [2.45, 2.75) is 101 Å². The third kappa shape index (κ3) is 6.09. The van der Waals surface area contributed by atoms with Gasteiger partial charge in [0, 0.05) is 34.8 Å². The molecule has 0 unspecified atom stereocenters. The van der Waals surface area contributed by atoms with Crippen LogP contribution in [0.25, 0.3) is 0 Å². The van der Waals surface area contributed by atoms with Gasteiger partial charge in [-0.15, -0.1) is 0 Å². The van der Waals surface area contributed by atoms with Crippen molar-refractivity contribution in [2.75, 3.05) is 18.0 Å². The zero-order valence-corrected chi connectivity index (χ0v) is 28.0. The molecule has 2 aliphatic heterocycles. The zero-order chi connectivity index (χ0) is 31.3. The molecule has 3 aliphatic carbocycles. The van der Waals surface area contributed by atoms with Crippen LogP contribution in [0.2, 0.25) is 5.02 Å². The summed E-state index contributed by atoms with van der Waals surface area (Å²) in [5.41, 5.74) is 5.31. The molecule has 2 N–H and O–H groups in total. The first-order valence-electron chi connectivity index (χ1n) is 17.2. The lowest BCUT2D eigenvalue weighted by atomic mass is 9.66. The van der Waals surface area contributed by atoms with Gasteiger partial charge in [-0.05, 0) is 122 Å². The molecule has 5 aliphatic rings. The summed E-state index contributed by atoms with van der Waals surface area (Å²) < 4.78 is 30.2. The number of aryl methyl sites for hydroxylation is 2. The number of benzene rings is 2. The van der Waals surface area contributed by atoms with E-state index in [1.54, 1.807) is 6.07 Å². The molecule has 2 aromatic carbocycles. The first-order valence-corrected chi connectivity index (χ1v) is 19.1. The number of aliphatic hydroxyl groups is 1. The summed E-state index contributed by atoms with van der Waals surface area (Å²) in [4.78, 5) is 16.2. The minimum atomic E-state index is -3.91. The summed E-state index contributed by atoms with van der Waals surface area (Å²) in [6.07, 6.45) is 14.9. The van der Waals surface area contributed by atoms with Crippen molar-refractivity contribution in [3.63, 3.8) is 0 Å². The van der Waals surface area contributed by atoms with Gasteiger partial charge in [0.05, 0.1) is 11.4 Å².